The number of nitrogens with zero attached hydrogens (tertiary/aromatic N) is 2. The van der Waals surface area contributed by atoms with E-state index in [-0.39, 0.29) is 11.7 Å². The summed E-state index contributed by atoms with van der Waals surface area (Å²) in [6, 6.07) is 22.3. The van der Waals surface area contributed by atoms with Crippen LogP contribution < -0.4 is 4.90 Å². The third-order valence-electron chi connectivity index (χ3n) is 5.10. The third-order valence-corrected chi connectivity index (χ3v) is 6.11. The number of thioether (sulfide) groups is 1. The Morgan fingerprint density at radius 2 is 1.71 bits per heavy atom. The van der Waals surface area contributed by atoms with Gasteiger partial charge in [-0.1, -0.05) is 78.8 Å². The second kappa shape index (κ2) is 9.31. The number of amidine groups is 1. The Morgan fingerprint density at radius 3 is 2.42 bits per heavy atom. The topological polar surface area (TPSA) is 32.7 Å². The Morgan fingerprint density at radius 1 is 1.00 bits per heavy atom. The predicted octanol–water partition coefficient (Wildman–Crippen LogP) is 6.37. The molecule has 0 aromatic heterocycles. The first-order chi connectivity index (χ1) is 15.0. The van der Waals surface area contributed by atoms with Crippen LogP contribution in [0.5, 0.6) is 0 Å². The van der Waals surface area contributed by atoms with Crippen molar-refractivity contribution in [1.29, 1.82) is 0 Å². The lowest BCUT2D eigenvalue weighted by Gasteiger charge is -2.20. The first-order valence-electron chi connectivity index (χ1n) is 10.2. The van der Waals surface area contributed by atoms with Crippen molar-refractivity contribution in [3.05, 3.63) is 107 Å². The highest BCUT2D eigenvalue weighted by Crippen LogP contribution is 2.33. The Balaban J connectivity index is 1.69. The van der Waals surface area contributed by atoms with Gasteiger partial charge >= 0.3 is 0 Å². The molecule has 0 saturated heterocycles. The fourth-order valence-corrected chi connectivity index (χ4v) is 4.34. The average Bonchev–Trinajstić information content (AvgIpc) is 3.09. The smallest absolute Gasteiger partial charge is 0.266 e. The molecule has 5 heteroatoms. The number of amides is 1. The van der Waals surface area contributed by atoms with E-state index in [0.29, 0.717) is 16.6 Å². The lowest BCUT2D eigenvalue weighted by Crippen LogP contribution is -2.31. The molecule has 0 spiro atoms. The van der Waals surface area contributed by atoms with Crippen LogP contribution in [0.1, 0.15) is 29.2 Å². The quantitative estimate of drug-likeness (QED) is 0.440. The summed E-state index contributed by atoms with van der Waals surface area (Å²) in [6.07, 6.45) is 2.64. The summed E-state index contributed by atoms with van der Waals surface area (Å²) in [5, 5.41) is 0.633. The van der Waals surface area contributed by atoms with Gasteiger partial charge in [0.25, 0.3) is 5.91 Å². The maximum Gasteiger partial charge on any atom is 0.283 e. The number of hydrogen-bond donors (Lipinski definition) is 0. The number of anilines is 1. The summed E-state index contributed by atoms with van der Waals surface area (Å²) in [5.41, 5.74) is 5.43. The van der Waals surface area contributed by atoms with Crippen LogP contribution in [-0.4, -0.2) is 11.1 Å². The molecule has 0 bridgehead atoms. The van der Waals surface area contributed by atoms with E-state index in [9.17, 15) is 9.18 Å². The molecule has 1 heterocycles. The zero-order valence-electron chi connectivity index (χ0n) is 17.5. The normalized spacial score (nSPS) is 14.9. The van der Waals surface area contributed by atoms with Gasteiger partial charge < -0.3 is 0 Å². The number of rotatable bonds is 5. The minimum atomic E-state index is -0.260. The van der Waals surface area contributed by atoms with Crippen molar-refractivity contribution in [2.75, 3.05) is 4.90 Å². The Hall–Kier alpha value is -3.18. The molecule has 4 rings (SSSR count). The zero-order chi connectivity index (χ0) is 21.8. The molecule has 0 aliphatic carbocycles. The summed E-state index contributed by atoms with van der Waals surface area (Å²) >= 11 is 1.48. The standard InChI is InChI=1S/C26H23FN2OS/c1-3-21-6-4-5-7-24(21)29-25(30)23(16-19-10-8-18(2)9-11-19)28-26(29)31-17-20-12-14-22(27)15-13-20/h4-16H,3,17H2,1-2H3/b23-16+. The fourth-order valence-electron chi connectivity index (χ4n) is 3.38. The molecule has 1 aliphatic rings. The second-order valence-corrected chi connectivity index (χ2v) is 8.32. The van der Waals surface area contributed by atoms with Crippen LogP contribution in [0.25, 0.3) is 6.08 Å². The number of aliphatic imine (C=N–C) groups is 1. The minimum Gasteiger partial charge on any atom is -0.266 e. The molecule has 31 heavy (non-hydrogen) atoms. The summed E-state index contributed by atoms with van der Waals surface area (Å²) in [5.74, 6) is 0.196. The molecular formula is C26H23FN2OS. The van der Waals surface area contributed by atoms with Crippen LogP contribution in [0.2, 0.25) is 0 Å². The van der Waals surface area contributed by atoms with Crippen molar-refractivity contribution in [3.63, 3.8) is 0 Å². The predicted molar refractivity (Wildman–Crippen MR) is 128 cm³/mol. The van der Waals surface area contributed by atoms with Gasteiger partial charge in [-0.05, 0) is 54.3 Å². The highest BCUT2D eigenvalue weighted by molar-refractivity contribution is 8.13. The molecule has 0 radical (unpaired) electrons. The molecule has 3 aromatic carbocycles. The maximum atomic E-state index is 13.4. The van der Waals surface area contributed by atoms with E-state index in [1.807, 2.05) is 61.5 Å². The number of aryl methyl sites for hydroxylation is 2. The van der Waals surface area contributed by atoms with E-state index >= 15 is 0 Å². The van der Waals surface area contributed by atoms with Gasteiger partial charge in [0.1, 0.15) is 11.5 Å². The summed E-state index contributed by atoms with van der Waals surface area (Å²) < 4.78 is 13.2. The molecular weight excluding hydrogens is 407 g/mol. The van der Waals surface area contributed by atoms with Crippen LogP contribution in [-0.2, 0) is 17.0 Å². The van der Waals surface area contributed by atoms with Gasteiger partial charge in [-0.25, -0.2) is 9.38 Å². The minimum absolute atomic E-state index is 0.136. The van der Waals surface area contributed by atoms with Gasteiger partial charge in [0.2, 0.25) is 0 Å². The Bertz CT molecular complexity index is 1150. The van der Waals surface area contributed by atoms with Crippen LogP contribution in [0.15, 0.2) is 83.5 Å². The SMILES string of the molecule is CCc1ccccc1N1C(=O)/C(=C\c2ccc(C)cc2)N=C1SCc1ccc(F)cc1. The Labute approximate surface area is 186 Å². The largest absolute Gasteiger partial charge is 0.283 e. The Kier molecular flexibility index (Phi) is 6.33. The van der Waals surface area contributed by atoms with Crippen molar-refractivity contribution in [2.45, 2.75) is 26.0 Å². The number of para-hydroxylation sites is 1. The molecule has 0 unspecified atom stereocenters. The average molecular weight is 431 g/mol. The van der Waals surface area contributed by atoms with Gasteiger partial charge in [0.05, 0.1) is 5.69 Å². The van der Waals surface area contributed by atoms with Gasteiger partial charge in [0, 0.05) is 5.75 Å². The number of halogens is 1. The van der Waals surface area contributed by atoms with Crippen LogP contribution in [0, 0.1) is 12.7 Å². The summed E-state index contributed by atoms with van der Waals surface area (Å²) in [7, 11) is 0. The molecule has 3 nitrogen and oxygen atoms in total. The van der Waals surface area contributed by atoms with Gasteiger partial charge in [0.15, 0.2) is 5.17 Å². The van der Waals surface area contributed by atoms with Crippen molar-refractivity contribution < 1.29 is 9.18 Å². The van der Waals surface area contributed by atoms with Crippen molar-refractivity contribution in [3.8, 4) is 0 Å². The number of carbonyl (C=O) groups is 1. The van der Waals surface area contributed by atoms with Crippen molar-refractivity contribution in [1.82, 2.24) is 0 Å². The summed E-state index contributed by atoms with van der Waals surface area (Å²) in [6.45, 7) is 4.11. The van der Waals surface area contributed by atoms with Crippen molar-refractivity contribution >= 4 is 34.6 Å². The first kappa shape index (κ1) is 21.1. The van der Waals surface area contributed by atoms with Crippen LogP contribution in [0.4, 0.5) is 10.1 Å². The first-order valence-corrected chi connectivity index (χ1v) is 11.2. The van der Waals surface area contributed by atoms with E-state index in [2.05, 4.69) is 6.92 Å². The molecule has 1 amide bonds. The maximum absolute atomic E-state index is 13.4. The molecule has 0 N–H and O–H groups in total. The van der Waals surface area contributed by atoms with E-state index in [1.165, 1.54) is 23.9 Å². The second-order valence-electron chi connectivity index (χ2n) is 7.37. The monoisotopic (exact) mass is 430 g/mol. The number of benzene rings is 3. The van der Waals surface area contributed by atoms with Crippen LogP contribution in [0.3, 0.4) is 0 Å². The van der Waals surface area contributed by atoms with E-state index in [0.717, 1.165) is 34.4 Å². The van der Waals surface area contributed by atoms with Gasteiger partial charge in [-0.2, -0.15) is 0 Å². The van der Waals surface area contributed by atoms with E-state index in [1.54, 1.807) is 17.0 Å². The third kappa shape index (κ3) is 4.78. The molecule has 0 saturated carbocycles. The molecule has 3 aromatic rings. The lowest BCUT2D eigenvalue weighted by atomic mass is 10.1. The van der Waals surface area contributed by atoms with Gasteiger partial charge in [-0.15, -0.1) is 0 Å². The molecule has 1 aliphatic heterocycles. The van der Waals surface area contributed by atoms with Crippen LogP contribution >= 0.6 is 11.8 Å². The number of hydrogen-bond acceptors (Lipinski definition) is 3. The van der Waals surface area contributed by atoms with E-state index in [4.69, 9.17) is 4.99 Å². The summed E-state index contributed by atoms with van der Waals surface area (Å²) in [4.78, 5) is 19.8. The molecule has 156 valence electrons. The highest BCUT2D eigenvalue weighted by atomic mass is 32.2. The molecule has 0 atom stereocenters. The van der Waals surface area contributed by atoms with Gasteiger partial charge in [-0.3, -0.25) is 9.69 Å². The van der Waals surface area contributed by atoms with Crippen molar-refractivity contribution in [2.24, 2.45) is 4.99 Å². The number of carbonyl (C=O) groups excluding carboxylic acids is 1. The zero-order valence-corrected chi connectivity index (χ0v) is 18.3. The van der Waals surface area contributed by atoms with E-state index < -0.39 is 0 Å². The molecule has 0 fully saturated rings. The fraction of sp³-hybridized carbons (Fsp3) is 0.154. The lowest BCUT2D eigenvalue weighted by molar-refractivity contribution is -0.113. The highest BCUT2D eigenvalue weighted by Gasteiger charge is 2.33.